The lowest BCUT2D eigenvalue weighted by molar-refractivity contribution is -0.0273. The van der Waals surface area contributed by atoms with E-state index in [0.717, 1.165) is 33.0 Å². The second kappa shape index (κ2) is 8.00. The van der Waals surface area contributed by atoms with Crippen LogP contribution in [-0.4, -0.2) is 11.2 Å². The molecule has 1 aliphatic heterocycles. The molecule has 4 heteroatoms. The molecule has 0 amide bonds. The molecule has 0 N–H and O–H groups in total. The zero-order valence-corrected chi connectivity index (χ0v) is 24.3. The molecule has 0 unspecified atom stereocenters. The van der Waals surface area contributed by atoms with E-state index in [1.165, 1.54) is 38.8 Å². The summed E-state index contributed by atoms with van der Waals surface area (Å²) in [5.41, 5.74) is 9.28. The molecule has 2 aliphatic rings. The minimum Gasteiger partial charge on any atom is -0.455 e. The Bertz CT molecular complexity index is 2030. The van der Waals surface area contributed by atoms with Crippen molar-refractivity contribution < 1.29 is 14.1 Å². The molecule has 5 aromatic carbocycles. The fourth-order valence-corrected chi connectivity index (χ4v) is 6.46. The van der Waals surface area contributed by atoms with Crippen LogP contribution in [0.1, 0.15) is 52.7 Å². The predicted molar refractivity (Wildman–Crippen MR) is 167 cm³/mol. The topological polar surface area (TPSA) is 34.8 Å². The first-order valence-corrected chi connectivity index (χ1v) is 14.4. The van der Waals surface area contributed by atoms with Crippen LogP contribution in [0.4, 0.5) is 5.69 Å². The Morgan fingerprint density at radius 1 is 0.561 bits per heavy atom. The molecule has 1 aliphatic carbocycles. The first-order valence-electron chi connectivity index (χ1n) is 14.4. The van der Waals surface area contributed by atoms with E-state index < -0.39 is 11.2 Å². The van der Waals surface area contributed by atoms with E-state index in [0.29, 0.717) is 0 Å². The van der Waals surface area contributed by atoms with Crippen LogP contribution in [0.15, 0.2) is 95.4 Å². The molecule has 0 saturated carbocycles. The lowest BCUT2D eigenvalue weighted by Crippen LogP contribution is -2.41. The third-order valence-corrected chi connectivity index (χ3v) is 9.64. The highest BCUT2D eigenvalue weighted by molar-refractivity contribution is 6.15. The van der Waals surface area contributed by atoms with Crippen LogP contribution in [0, 0.1) is 0 Å². The van der Waals surface area contributed by atoms with Crippen molar-refractivity contribution in [2.24, 2.45) is 0 Å². The fraction of sp³-hybridized carbons (Fsp3) is 0.243. The van der Waals surface area contributed by atoms with Gasteiger partial charge in [-0.2, -0.15) is 0 Å². The molecule has 4 nitrogen and oxygen atoms in total. The maximum Gasteiger partial charge on any atom is 0.143 e. The SMILES string of the molecule is CC1(C)c2cc(-c3ccc4oc5c6ccccc6ccc5c4c3)ccc2-c2ccc(N3OC(C)(C)C(C)(C)O3)cc21. The van der Waals surface area contributed by atoms with Crippen molar-refractivity contribution in [3.05, 3.63) is 102 Å². The molecule has 1 fully saturated rings. The zero-order chi connectivity index (χ0) is 28.3. The van der Waals surface area contributed by atoms with Gasteiger partial charge in [0.2, 0.25) is 0 Å². The smallest absolute Gasteiger partial charge is 0.143 e. The van der Waals surface area contributed by atoms with Gasteiger partial charge in [-0.05, 0) is 103 Å². The highest BCUT2D eigenvalue weighted by atomic mass is 17.0. The van der Waals surface area contributed by atoms with Crippen molar-refractivity contribution >= 4 is 38.4 Å². The molecule has 2 heterocycles. The van der Waals surface area contributed by atoms with Crippen molar-refractivity contribution in [2.75, 3.05) is 5.23 Å². The van der Waals surface area contributed by atoms with Gasteiger partial charge in [0.15, 0.2) is 0 Å². The van der Waals surface area contributed by atoms with Gasteiger partial charge in [0.1, 0.15) is 22.4 Å². The van der Waals surface area contributed by atoms with E-state index in [1.807, 2.05) is 0 Å². The van der Waals surface area contributed by atoms with Crippen molar-refractivity contribution in [2.45, 2.75) is 58.2 Å². The van der Waals surface area contributed by atoms with Gasteiger partial charge < -0.3 is 4.42 Å². The molecule has 0 spiro atoms. The average Bonchev–Trinajstić information content (AvgIpc) is 3.52. The standard InChI is InChI=1S/C37H33NO3/c1-35(2)31-20-24(23-13-18-33-30(19-23)29-16-11-22-9-7-8-10-26(22)34(29)39-33)12-15-27(31)28-17-14-25(21-32(28)35)38-40-36(3,4)37(5,6)41-38/h7-21H,1-6H3. The van der Waals surface area contributed by atoms with Crippen molar-refractivity contribution in [3.8, 4) is 22.3 Å². The number of anilines is 1. The lowest BCUT2D eigenvalue weighted by Gasteiger charge is -2.26. The van der Waals surface area contributed by atoms with Gasteiger partial charge in [-0.3, -0.25) is 0 Å². The molecule has 6 aromatic rings. The Hall–Kier alpha value is -4.12. The minimum atomic E-state index is -0.437. The summed E-state index contributed by atoms with van der Waals surface area (Å²) < 4.78 is 6.36. The van der Waals surface area contributed by atoms with Crippen LogP contribution >= 0.6 is 0 Å². The number of fused-ring (bicyclic) bond motifs is 8. The summed E-state index contributed by atoms with van der Waals surface area (Å²) >= 11 is 0. The van der Waals surface area contributed by atoms with Crippen LogP contribution in [0.2, 0.25) is 0 Å². The van der Waals surface area contributed by atoms with Crippen LogP contribution in [0.25, 0.3) is 55.0 Å². The summed E-state index contributed by atoms with van der Waals surface area (Å²) in [4.78, 5) is 12.4. The molecule has 0 bridgehead atoms. The maximum absolute atomic E-state index is 6.36. The van der Waals surface area contributed by atoms with Gasteiger partial charge in [0.05, 0.1) is 5.69 Å². The van der Waals surface area contributed by atoms with Crippen LogP contribution < -0.4 is 5.23 Å². The van der Waals surface area contributed by atoms with Gasteiger partial charge in [-0.1, -0.05) is 68.4 Å². The fourth-order valence-electron chi connectivity index (χ4n) is 6.46. The number of benzene rings is 5. The number of nitrogens with zero attached hydrogens (tertiary/aromatic N) is 1. The lowest BCUT2D eigenvalue weighted by atomic mass is 9.81. The molecule has 41 heavy (non-hydrogen) atoms. The highest BCUT2D eigenvalue weighted by Gasteiger charge is 2.50. The quantitative estimate of drug-likeness (QED) is 0.219. The Morgan fingerprint density at radius 3 is 2.00 bits per heavy atom. The maximum atomic E-state index is 6.36. The number of furan rings is 1. The van der Waals surface area contributed by atoms with E-state index in [4.69, 9.17) is 14.1 Å². The zero-order valence-electron chi connectivity index (χ0n) is 24.3. The third-order valence-electron chi connectivity index (χ3n) is 9.64. The van der Waals surface area contributed by atoms with Gasteiger partial charge in [-0.15, -0.1) is 5.23 Å². The summed E-state index contributed by atoms with van der Waals surface area (Å²) in [7, 11) is 0. The second-order valence-electron chi connectivity index (χ2n) is 13.1. The molecule has 1 aromatic heterocycles. The van der Waals surface area contributed by atoms with Crippen molar-refractivity contribution in [1.29, 1.82) is 0 Å². The molecular weight excluding hydrogens is 506 g/mol. The van der Waals surface area contributed by atoms with Crippen LogP contribution in [-0.2, 0) is 15.1 Å². The Morgan fingerprint density at radius 2 is 1.22 bits per heavy atom. The summed E-state index contributed by atoms with van der Waals surface area (Å²) in [6.07, 6.45) is 0. The van der Waals surface area contributed by atoms with Gasteiger partial charge in [0, 0.05) is 21.6 Å². The predicted octanol–water partition coefficient (Wildman–Crippen LogP) is 9.95. The van der Waals surface area contributed by atoms with Crippen LogP contribution in [0.3, 0.4) is 0 Å². The Labute approximate surface area is 240 Å². The van der Waals surface area contributed by atoms with Gasteiger partial charge in [0.25, 0.3) is 0 Å². The summed E-state index contributed by atoms with van der Waals surface area (Å²) in [5.74, 6) is 0. The van der Waals surface area contributed by atoms with E-state index in [2.05, 4.69) is 133 Å². The second-order valence-corrected chi connectivity index (χ2v) is 13.1. The number of rotatable bonds is 2. The van der Waals surface area contributed by atoms with E-state index in [1.54, 1.807) is 5.23 Å². The molecule has 0 radical (unpaired) electrons. The van der Waals surface area contributed by atoms with Gasteiger partial charge >= 0.3 is 0 Å². The van der Waals surface area contributed by atoms with Gasteiger partial charge in [-0.25, -0.2) is 9.68 Å². The molecule has 8 rings (SSSR count). The molecule has 1 saturated heterocycles. The van der Waals surface area contributed by atoms with E-state index in [-0.39, 0.29) is 5.41 Å². The average molecular weight is 540 g/mol. The Kier molecular flexibility index (Phi) is 4.81. The molecule has 204 valence electrons. The Balaban J connectivity index is 1.20. The van der Waals surface area contributed by atoms with E-state index in [9.17, 15) is 0 Å². The monoisotopic (exact) mass is 539 g/mol. The highest BCUT2D eigenvalue weighted by Crippen LogP contribution is 2.51. The molecule has 0 atom stereocenters. The van der Waals surface area contributed by atoms with Crippen LogP contribution in [0.5, 0.6) is 0 Å². The minimum absolute atomic E-state index is 0.174. The largest absolute Gasteiger partial charge is 0.455 e. The number of hydrogen-bond acceptors (Lipinski definition) is 4. The number of hydrogen-bond donors (Lipinski definition) is 0. The summed E-state index contributed by atoms with van der Waals surface area (Å²) in [6.45, 7) is 12.9. The summed E-state index contributed by atoms with van der Waals surface area (Å²) in [5, 5.41) is 6.24. The molecular formula is C37H33NO3. The first kappa shape index (κ1) is 24.7. The third kappa shape index (κ3) is 3.41. The first-order chi connectivity index (χ1) is 19.5. The van der Waals surface area contributed by atoms with Crippen molar-refractivity contribution in [1.82, 2.24) is 0 Å². The van der Waals surface area contributed by atoms with Crippen molar-refractivity contribution in [3.63, 3.8) is 0 Å². The van der Waals surface area contributed by atoms with E-state index >= 15 is 0 Å². The summed E-state index contributed by atoms with van der Waals surface area (Å²) in [6, 6.07) is 32.7. The normalized spacial score (nSPS) is 18.3.